The van der Waals surface area contributed by atoms with Crippen LogP contribution in [-0.2, 0) is 9.59 Å². The number of carbonyl (C=O) groups excluding carboxylic acids is 1. The van der Waals surface area contributed by atoms with Gasteiger partial charge in [-0.1, -0.05) is 0 Å². The Labute approximate surface area is 84.6 Å². The molecule has 0 aliphatic rings. The van der Waals surface area contributed by atoms with Crippen LogP contribution in [0.4, 0.5) is 13.2 Å². The summed E-state index contributed by atoms with van der Waals surface area (Å²) in [6.07, 6.45) is -5.08. The SMILES string of the molecule is CC(N)C(=O)N(C)C.O=C(O)C(F)(F)F. The molecule has 3 N–H and O–H groups in total. The highest BCUT2D eigenvalue weighted by Crippen LogP contribution is 2.13. The monoisotopic (exact) mass is 230 g/mol. The lowest BCUT2D eigenvalue weighted by Gasteiger charge is -2.11. The van der Waals surface area contributed by atoms with E-state index in [-0.39, 0.29) is 11.9 Å². The molecule has 0 aromatic rings. The molecule has 0 aromatic carbocycles. The smallest absolute Gasteiger partial charge is 0.475 e. The van der Waals surface area contributed by atoms with Gasteiger partial charge in [-0.3, -0.25) is 4.79 Å². The Morgan fingerprint density at radius 1 is 1.33 bits per heavy atom. The zero-order valence-corrected chi connectivity index (χ0v) is 8.50. The van der Waals surface area contributed by atoms with Crippen molar-refractivity contribution in [3.8, 4) is 0 Å². The molecule has 0 rings (SSSR count). The third kappa shape index (κ3) is 9.01. The first-order valence-electron chi connectivity index (χ1n) is 3.77. The molecule has 0 spiro atoms. The van der Waals surface area contributed by atoms with Crippen LogP contribution in [0.5, 0.6) is 0 Å². The lowest BCUT2D eigenvalue weighted by molar-refractivity contribution is -0.192. The van der Waals surface area contributed by atoms with Gasteiger partial charge in [-0.25, -0.2) is 4.79 Å². The van der Waals surface area contributed by atoms with Crippen LogP contribution in [0, 0.1) is 0 Å². The minimum absolute atomic E-state index is 0.0370. The lowest BCUT2D eigenvalue weighted by atomic mass is 10.3. The summed E-state index contributed by atoms with van der Waals surface area (Å²) < 4.78 is 31.7. The number of carboxylic acid groups (broad SMARTS) is 1. The number of hydrogen-bond donors (Lipinski definition) is 2. The van der Waals surface area contributed by atoms with E-state index in [4.69, 9.17) is 15.6 Å². The number of likely N-dealkylation sites (N-methyl/N-ethyl adjacent to an activating group) is 1. The number of hydrogen-bond acceptors (Lipinski definition) is 3. The van der Waals surface area contributed by atoms with Crippen molar-refractivity contribution in [2.45, 2.75) is 19.1 Å². The average molecular weight is 230 g/mol. The summed E-state index contributed by atoms with van der Waals surface area (Å²) in [4.78, 5) is 21.0. The van der Waals surface area contributed by atoms with Crippen molar-refractivity contribution in [2.75, 3.05) is 14.1 Å². The summed E-state index contributed by atoms with van der Waals surface area (Å²) >= 11 is 0. The highest BCUT2D eigenvalue weighted by Gasteiger charge is 2.38. The van der Waals surface area contributed by atoms with Crippen LogP contribution in [0.2, 0.25) is 0 Å². The number of halogens is 3. The summed E-state index contributed by atoms with van der Waals surface area (Å²) in [5.74, 6) is -2.79. The normalized spacial score (nSPS) is 12.2. The number of rotatable bonds is 1. The van der Waals surface area contributed by atoms with E-state index in [0.717, 1.165) is 0 Å². The van der Waals surface area contributed by atoms with Crippen LogP contribution in [0.25, 0.3) is 0 Å². The number of alkyl halides is 3. The molecular weight excluding hydrogens is 217 g/mol. The Kier molecular flexibility index (Phi) is 6.70. The second kappa shape index (κ2) is 6.23. The van der Waals surface area contributed by atoms with Crippen molar-refractivity contribution in [1.82, 2.24) is 4.90 Å². The fourth-order valence-electron chi connectivity index (χ4n) is 0.407. The highest BCUT2D eigenvalue weighted by atomic mass is 19.4. The maximum Gasteiger partial charge on any atom is 0.490 e. The van der Waals surface area contributed by atoms with Crippen molar-refractivity contribution in [3.63, 3.8) is 0 Å². The molecule has 0 bridgehead atoms. The van der Waals surface area contributed by atoms with Gasteiger partial charge < -0.3 is 15.7 Å². The second-order valence-electron chi connectivity index (χ2n) is 2.82. The first kappa shape index (κ1) is 16.1. The largest absolute Gasteiger partial charge is 0.490 e. The third-order valence-electron chi connectivity index (χ3n) is 1.07. The van der Waals surface area contributed by atoms with Crippen LogP contribution in [-0.4, -0.2) is 48.2 Å². The first-order chi connectivity index (χ1) is 6.50. The first-order valence-corrected chi connectivity index (χ1v) is 3.77. The Hall–Kier alpha value is -1.31. The summed E-state index contributed by atoms with van der Waals surface area (Å²) in [5.41, 5.74) is 5.25. The molecule has 0 radical (unpaired) electrons. The van der Waals surface area contributed by atoms with Gasteiger partial charge in [0.15, 0.2) is 0 Å². The van der Waals surface area contributed by atoms with Gasteiger partial charge in [0.25, 0.3) is 0 Å². The number of carbonyl (C=O) groups is 2. The molecule has 1 amide bonds. The molecule has 15 heavy (non-hydrogen) atoms. The fourth-order valence-corrected chi connectivity index (χ4v) is 0.407. The van der Waals surface area contributed by atoms with Crippen LogP contribution >= 0.6 is 0 Å². The third-order valence-corrected chi connectivity index (χ3v) is 1.07. The number of carboxylic acids is 1. The minimum Gasteiger partial charge on any atom is -0.475 e. The van der Waals surface area contributed by atoms with E-state index in [9.17, 15) is 18.0 Å². The van der Waals surface area contributed by atoms with Gasteiger partial charge in [0.05, 0.1) is 6.04 Å². The van der Waals surface area contributed by atoms with Crippen LogP contribution < -0.4 is 5.73 Å². The number of aliphatic carboxylic acids is 1. The predicted octanol–water partition coefficient (Wildman–Crippen LogP) is 0.0551. The van der Waals surface area contributed by atoms with Crippen LogP contribution in [0.3, 0.4) is 0 Å². The molecule has 0 fully saturated rings. The molecule has 8 heteroatoms. The summed E-state index contributed by atoms with van der Waals surface area (Å²) in [7, 11) is 3.37. The van der Waals surface area contributed by atoms with Gasteiger partial charge >= 0.3 is 12.1 Å². The molecule has 0 aromatic heterocycles. The predicted molar refractivity (Wildman–Crippen MR) is 46.0 cm³/mol. The van der Waals surface area contributed by atoms with E-state index in [1.807, 2.05) is 0 Å². The van der Waals surface area contributed by atoms with Crippen LogP contribution in [0.1, 0.15) is 6.92 Å². The van der Waals surface area contributed by atoms with Crippen molar-refractivity contribution < 1.29 is 27.9 Å². The lowest BCUT2D eigenvalue weighted by Crippen LogP contribution is -2.37. The van der Waals surface area contributed by atoms with E-state index in [1.54, 1.807) is 21.0 Å². The minimum atomic E-state index is -5.08. The summed E-state index contributed by atoms with van der Waals surface area (Å²) in [6.45, 7) is 1.67. The molecular formula is C7H13F3N2O3. The molecule has 0 heterocycles. The van der Waals surface area contributed by atoms with Crippen molar-refractivity contribution in [1.29, 1.82) is 0 Å². The molecule has 0 aliphatic heterocycles. The Morgan fingerprint density at radius 3 is 1.60 bits per heavy atom. The van der Waals surface area contributed by atoms with Gasteiger partial charge in [0, 0.05) is 14.1 Å². The number of amides is 1. The van der Waals surface area contributed by atoms with Crippen molar-refractivity contribution in [3.05, 3.63) is 0 Å². The molecule has 5 nitrogen and oxygen atoms in total. The van der Waals surface area contributed by atoms with Crippen molar-refractivity contribution in [2.24, 2.45) is 5.73 Å². The van der Waals surface area contributed by atoms with Gasteiger partial charge in [0.2, 0.25) is 5.91 Å². The number of nitrogens with zero attached hydrogens (tertiary/aromatic N) is 1. The molecule has 90 valence electrons. The molecule has 1 atom stereocenters. The quantitative estimate of drug-likeness (QED) is 0.667. The average Bonchev–Trinajstić information content (AvgIpc) is 2.01. The van der Waals surface area contributed by atoms with E-state index >= 15 is 0 Å². The number of nitrogens with two attached hydrogens (primary N) is 1. The zero-order chi connectivity index (χ0) is 12.8. The standard InChI is InChI=1S/C5H12N2O.C2HF3O2/c1-4(6)5(8)7(2)3;3-2(4,5)1(6)7/h4H,6H2,1-3H3;(H,6,7). The maximum atomic E-state index is 10.6. The molecule has 0 saturated carbocycles. The van der Waals surface area contributed by atoms with E-state index in [2.05, 4.69) is 0 Å². The fraction of sp³-hybridized carbons (Fsp3) is 0.714. The summed E-state index contributed by atoms with van der Waals surface area (Å²) in [6, 6.07) is -0.370. The van der Waals surface area contributed by atoms with Gasteiger partial charge in [-0.15, -0.1) is 0 Å². The second-order valence-corrected chi connectivity index (χ2v) is 2.82. The Morgan fingerprint density at radius 2 is 1.60 bits per heavy atom. The van der Waals surface area contributed by atoms with Crippen LogP contribution in [0.15, 0.2) is 0 Å². The molecule has 0 saturated heterocycles. The van der Waals surface area contributed by atoms with Gasteiger partial charge in [0.1, 0.15) is 0 Å². The Balaban J connectivity index is 0. The van der Waals surface area contributed by atoms with E-state index < -0.39 is 12.1 Å². The zero-order valence-electron chi connectivity index (χ0n) is 8.50. The Bertz CT molecular complexity index is 216. The van der Waals surface area contributed by atoms with Crippen molar-refractivity contribution >= 4 is 11.9 Å². The van der Waals surface area contributed by atoms with E-state index in [1.165, 1.54) is 4.90 Å². The molecule has 0 aliphatic carbocycles. The summed E-state index contributed by atoms with van der Waals surface area (Å²) in [5, 5.41) is 7.12. The molecule has 1 unspecified atom stereocenters. The maximum absolute atomic E-state index is 10.6. The van der Waals surface area contributed by atoms with Gasteiger partial charge in [-0.05, 0) is 6.92 Å². The van der Waals surface area contributed by atoms with Gasteiger partial charge in [-0.2, -0.15) is 13.2 Å². The topological polar surface area (TPSA) is 83.6 Å². The highest BCUT2D eigenvalue weighted by molar-refractivity contribution is 5.80. The van der Waals surface area contributed by atoms with E-state index in [0.29, 0.717) is 0 Å².